The second kappa shape index (κ2) is 5.04. The van der Waals surface area contributed by atoms with Crippen molar-refractivity contribution in [1.82, 2.24) is 15.0 Å². The summed E-state index contributed by atoms with van der Waals surface area (Å²) in [6, 6.07) is 1.37. The molecule has 1 N–H and O–H groups in total. The lowest BCUT2D eigenvalue weighted by atomic mass is 10.2. The van der Waals surface area contributed by atoms with Gasteiger partial charge >= 0.3 is 5.97 Å². The molecule has 6 nitrogen and oxygen atoms in total. The molecule has 2 aromatic heterocycles. The summed E-state index contributed by atoms with van der Waals surface area (Å²) in [5.41, 5.74) is 0.0365. The van der Waals surface area contributed by atoms with Gasteiger partial charge < -0.3 is 9.84 Å². The van der Waals surface area contributed by atoms with Crippen molar-refractivity contribution in [2.75, 3.05) is 0 Å². The van der Waals surface area contributed by atoms with E-state index in [1.165, 1.54) is 24.8 Å². The molecule has 0 saturated heterocycles. The number of rotatable bonds is 3. The molecule has 7 heteroatoms. The lowest BCUT2D eigenvalue weighted by Gasteiger charge is -2.07. The largest absolute Gasteiger partial charge is 0.478 e. The summed E-state index contributed by atoms with van der Waals surface area (Å²) in [4.78, 5) is 22.5. The molecule has 2 aromatic rings. The van der Waals surface area contributed by atoms with Crippen LogP contribution in [0, 0.1) is 3.57 Å². The van der Waals surface area contributed by atoms with Crippen molar-refractivity contribution in [1.29, 1.82) is 0 Å². The number of halogens is 1. The minimum Gasteiger partial charge on any atom is -0.478 e. The van der Waals surface area contributed by atoms with Crippen LogP contribution >= 0.6 is 22.6 Å². The molecule has 0 atom stereocenters. The highest BCUT2D eigenvalue weighted by molar-refractivity contribution is 14.1. The van der Waals surface area contributed by atoms with Crippen LogP contribution in [0.2, 0.25) is 0 Å². The first-order chi connectivity index (χ1) is 8.18. The van der Waals surface area contributed by atoms with Crippen LogP contribution in [-0.4, -0.2) is 26.0 Å². The molecule has 86 valence electrons. The van der Waals surface area contributed by atoms with Crippen molar-refractivity contribution in [3.8, 4) is 11.6 Å². The van der Waals surface area contributed by atoms with Gasteiger partial charge in [-0.3, -0.25) is 4.98 Å². The van der Waals surface area contributed by atoms with E-state index in [0.717, 1.165) is 0 Å². The van der Waals surface area contributed by atoms with Crippen molar-refractivity contribution >= 4 is 28.6 Å². The Balaban J connectivity index is 2.37. The highest BCUT2D eigenvalue weighted by atomic mass is 127. The van der Waals surface area contributed by atoms with E-state index in [2.05, 4.69) is 15.0 Å². The number of nitrogens with zero attached hydrogens (tertiary/aromatic N) is 3. The number of hydrogen-bond donors (Lipinski definition) is 1. The van der Waals surface area contributed by atoms with Gasteiger partial charge in [-0.15, -0.1) is 0 Å². The Kier molecular flexibility index (Phi) is 3.47. The molecule has 0 aliphatic rings. The Bertz CT molecular complexity index is 562. The SMILES string of the molecule is O=C(O)c1ccncc1Oc1ncncc1I. The van der Waals surface area contributed by atoms with Crippen LogP contribution in [0.1, 0.15) is 10.4 Å². The van der Waals surface area contributed by atoms with E-state index in [9.17, 15) is 4.79 Å². The van der Waals surface area contributed by atoms with Crippen molar-refractivity contribution in [3.05, 3.63) is 40.1 Å². The van der Waals surface area contributed by atoms with Gasteiger partial charge in [0.1, 0.15) is 11.9 Å². The monoisotopic (exact) mass is 343 g/mol. The van der Waals surface area contributed by atoms with E-state index in [1.807, 2.05) is 22.6 Å². The van der Waals surface area contributed by atoms with Gasteiger partial charge in [-0.25, -0.2) is 14.8 Å². The predicted octanol–water partition coefficient (Wildman–Crippen LogP) is 1.97. The van der Waals surface area contributed by atoms with Crippen molar-refractivity contribution in [3.63, 3.8) is 0 Å². The molecule has 2 heterocycles. The fourth-order valence-electron chi connectivity index (χ4n) is 1.12. The lowest BCUT2D eigenvalue weighted by Crippen LogP contribution is -2.01. The lowest BCUT2D eigenvalue weighted by molar-refractivity contribution is 0.0694. The number of aromatic nitrogens is 3. The molecule has 17 heavy (non-hydrogen) atoms. The molecule has 0 aromatic carbocycles. The molecule has 0 spiro atoms. The third-order valence-electron chi connectivity index (χ3n) is 1.86. The van der Waals surface area contributed by atoms with Crippen molar-refractivity contribution in [2.24, 2.45) is 0 Å². The first kappa shape index (κ1) is 11.7. The smallest absolute Gasteiger partial charge is 0.339 e. The van der Waals surface area contributed by atoms with Crippen LogP contribution in [0.3, 0.4) is 0 Å². The molecular weight excluding hydrogens is 337 g/mol. The van der Waals surface area contributed by atoms with Crippen LogP contribution < -0.4 is 4.74 Å². The van der Waals surface area contributed by atoms with Gasteiger partial charge in [-0.05, 0) is 28.7 Å². The van der Waals surface area contributed by atoms with E-state index in [0.29, 0.717) is 9.45 Å². The summed E-state index contributed by atoms with van der Waals surface area (Å²) in [6.45, 7) is 0. The van der Waals surface area contributed by atoms with Crippen molar-refractivity contribution < 1.29 is 14.6 Å². The Labute approximate surface area is 110 Å². The van der Waals surface area contributed by atoms with Gasteiger partial charge in [0.25, 0.3) is 0 Å². The van der Waals surface area contributed by atoms with Crippen LogP contribution in [0.4, 0.5) is 0 Å². The predicted molar refractivity (Wildman–Crippen MR) is 66.0 cm³/mol. The number of carbonyl (C=O) groups is 1. The maximum atomic E-state index is 11.0. The fraction of sp³-hybridized carbons (Fsp3) is 0. The zero-order chi connectivity index (χ0) is 12.3. The Morgan fingerprint density at radius 3 is 2.88 bits per heavy atom. The van der Waals surface area contributed by atoms with Gasteiger partial charge in [0.05, 0.1) is 9.77 Å². The summed E-state index contributed by atoms with van der Waals surface area (Å²) in [5.74, 6) is -0.626. The van der Waals surface area contributed by atoms with E-state index in [1.54, 1.807) is 6.20 Å². The van der Waals surface area contributed by atoms with E-state index in [-0.39, 0.29) is 11.3 Å². The van der Waals surface area contributed by atoms with E-state index < -0.39 is 5.97 Å². The van der Waals surface area contributed by atoms with Gasteiger partial charge in [-0.2, -0.15) is 0 Å². The number of carboxylic acids is 1. The third kappa shape index (κ3) is 2.67. The average molecular weight is 343 g/mol. The van der Waals surface area contributed by atoms with Gasteiger partial charge in [0, 0.05) is 12.4 Å². The maximum absolute atomic E-state index is 11.0. The van der Waals surface area contributed by atoms with E-state index in [4.69, 9.17) is 9.84 Å². The quantitative estimate of drug-likeness (QED) is 0.858. The van der Waals surface area contributed by atoms with Crippen LogP contribution in [0.15, 0.2) is 31.0 Å². The Morgan fingerprint density at radius 2 is 2.18 bits per heavy atom. The first-order valence-corrected chi connectivity index (χ1v) is 5.57. The second-order valence-electron chi connectivity index (χ2n) is 2.95. The highest BCUT2D eigenvalue weighted by Gasteiger charge is 2.13. The molecule has 0 aliphatic carbocycles. The summed E-state index contributed by atoms with van der Waals surface area (Å²) in [6.07, 6.45) is 5.62. The average Bonchev–Trinajstić information content (AvgIpc) is 2.32. The fourth-order valence-corrected chi connectivity index (χ4v) is 1.53. The van der Waals surface area contributed by atoms with Gasteiger partial charge in [0.15, 0.2) is 5.75 Å². The number of aromatic carboxylic acids is 1. The Morgan fingerprint density at radius 1 is 1.35 bits per heavy atom. The molecule has 0 bridgehead atoms. The molecule has 0 amide bonds. The number of hydrogen-bond acceptors (Lipinski definition) is 5. The van der Waals surface area contributed by atoms with Crippen LogP contribution in [-0.2, 0) is 0 Å². The molecule has 0 aliphatic heterocycles. The minimum atomic E-state index is -1.08. The maximum Gasteiger partial charge on any atom is 0.339 e. The van der Waals surface area contributed by atoms with E-state index >= 15 is 0 Å². The van der Waals surface area contributed by atoms with Gasteiger partial charge in [0.2, 0.25) is 5.88 Å². The molecular formula is C10H6IN3O3. The van der Waals surface area contributed by atoms with Crippen molar-refractivity contribution in [2.45, 2.75) is 0 Å². The third-order valence-corrected chi connectivity index (χ3v) is 2.60. The second-order valence-corrected chi connectivity index (χ2v) is 4.12. The standard InChI is InChI=1S/C10H6IN3O3/c11-7-3-13-5-14-9(7)17-8-4-12-2-1-6(8)10(15)16/h1-5H,(H,15,16). The summed E-state index contributed by atoms with van der Waals surface area (Å²) in [5, 5.41) is 8.97. The van der Waals surface area contributed by atoms with Gasteiger partial charge in [-0.1, -0.05) is 0 Å². The summed E-state index contributed by atoms with van der Waals surface area (Å²) in [7, 11) is 0. The normalized spacial score (nSPS) is 9.94. The summed E-state index contributed by atoms with van der Waals surface area (Å²) < 4.78 is 6.09. The molecule has 0 fully saturated rings. The number of ether oxygens (including phenoxy) is 1. The first-order valence-electron chi connectivity index (χ1n) is 4.49. The number of pyridine rings is 1. The summed E-state index contributed by atoms with van der Waals surface area (Å²) >= 11 is 2.00. The minimum absolute atomic E-state index is 0.0365. The molecule has 0 unspecified atom stereocenters. The topological polar surface area (TPSA) is 85.2 Å². The molecule has 0 radical (unpaired) electrons. The molecule has 2 rings (SSSR count). The molecule has 0 saturated carbocycles. The number of carboxylic acid groups (broad SMARTS) is 1. The zero-order valence-corrected chi connectivity index (χ0v) is 10.5. The Hall–Kier alpha value is -1.77. The van der Waals surface area contributed by atoms with Crippen LogP contribution in [0.5, 0.6) is 11.6 Å². The van der Waals surface area contributed by atoms with Crippen LogP contribution in [0.25, 0.3) is 0 Å². The zero-order valence-electron chi connectivity index (χ0n) is 8.37. The highest BCUT2D eigenvalue weighted by Crippen LogP contribution is 2.25.